The predicted molar refractivity (Wildman–Crippen MR) is 78.8 cm³/mol. The quantitative estimate of drug-likeness (QED) is 0.745. The highest BCUT2D eigenvalue weighted by Gasteiger charge is 2.24. The molecular formula is C13H20ClNO4S. The van der Waals surface area contributed by atoms with Crippen molar-refractivity contribution in [3.05, 3.63) is 23.2 Å². The van der Waals surface area contributed by atoms with E-state index in [1.807, 2.05) is 0 Å². The first-order chi connectivity index (χ1) is 9.43. The van der Waals surface area contributed by atoms with E-state index in [0.717, 1.165) is 6.42 Å². The monoisotopic (exact) mass is 321 g/mol. The number of aliphatic hydroxyl groups is 1. The fourth-order valence-corrected chi connectivity index (χ4v) is 3.27. The van der Waals surface area contributed by atoms with Crippen LogP contribution in [-0.2, 0) is 10.0 Å². The number of aliphatic hydroxyl groups excluding tert-OH is 1. The lowest BCUT2D eigenvalue weighted by Crippen LogP contribution is -2.28. The Morgan fingerprint density at radius 1 is 1.30 bits per heavy atom. The summed E-state index contributed by atoms with van der Waals surface area (Å²) in [5.74, 6) is 0.236. The molecule has 0 saturated heterocycles. The molecule has 0 radical (unpaired) electrons. The van der Waals surface area contributed by atoms with Gasteiger partial charge in [-0.05, 0) is 31.4 Å². The van der Waals surface area contributed by atoms with E-state index in [1.165, 1.54) is 36.7 Å². The molecule has 0 unspecified atom stereocenters. The SMILES string of the molecule is COc1cc(Cl)ccc1S(=O)(=O)N(C)CCCCCO. The highest BCUT2D eigenvalue weighted by Crippen LogP contribution is 2.29. The number of benzene rings is 1. The first-order valence-corrected chi connectivity index (χ1v) is 8.16. The van der Waals surface area contributed by atoms with Crippen LogP contribution in [0.3, 0.4) is 0 Å². The van der Waals surface area contributed by atoms with Gasteiger partial charge in [0.2, 0.25) is 10.0 Å². The van der Waals surface area contributed by atoms with E-state index < -0.39 is 10.0 Å². The number of methoxy groups -OCH3 is 1. The largest absolute Gasteiger partial charge is 0.495 e. The van der Waals surface area contributed by atoms with E-state index >= 15 is 0 Å². The lowest BCUT2D eigenvalue weighted by Gasteiger charge is -2.18. The van der Waals surface area contributed by atoms with Gasteiger partial charge >= 0.3 is 0 Å². The molecule has 114 valence electrons. The summed E-state index contributed by atoms with van der Waals surface area (Å²) in [6.07, 6.45) is 2.17. The van der Waals surface area contributed by atoms with E-state index in [4.69, 9.17) is 21.4 Å². The van der Waals surface area contributed by atoms with Crippen molar-refractivity contribution < 1.29 is 18.3 Å². The average Bonchev–Trinajstić information content (AvgIpc) is 2.42. The van der Waals surface area contributed by atoms with Gasteiger partial charge in [0.1, 0.15) is 10.6 Å². The number of halogens is 1. The van der Waals surface area contributed by atoms with E-state index in [2.05, 4.69) is 0 Å². The summed E-state index contributed by atoms with van der Waals surface area (Å²) < 4.78 is 31.3. The van der Waals surface area contributed by atoms with Gasteiger partial charge in [0.15, 0.2) is 0 Å². The van der Waals surface area contributed by atoms with Crippen LogP contribution in [-0.4, -0.2) is 45.1 Å². The summed E-state index contributed by atoms with van der Waals surface area (Å²) in [7, 11) is -0.660. The molecule has 0 aliphatic heterocycles. The van der Waals surface area contributed by atoms with Crippen molar-refractivity contribution in [2.45, 2.75) is 24.2 Å². The number of nitrogens with zero attached hydrogens (tertiary/aromatic N) is 1. The second kappa shape index (κ2) is 7.83. The van der Waals surface area contributed by atoms with Crippen molar-refractivity contribution in [3.8, 4) is 5.75 Å². The van der Waals surface area contributed by atoms with Crippen LogP contribution in [0.4, 0.5) is 0 Å². The first-order valence-electron chi connectivity index (χ1n) is 6.34. The topological polar surface area (TPSA) is 66.8 Å². The third-order valence-corrected chi connectivity index (χ3v) is 5.08. The van der Waals surface area contributed by atoms with Crippen LogP contribution < -0.4 is 4.74 Å². The molecule has 0 aromatic heterocycles. The highest BCUT2D eigenvalue weighted by molar-refractivity contribution is 7.89. The zero-order chi connectivity index (χ0) is 15.2. The Hall–Kier alpha value is -0.820. The summed E-state index contributed by atoms with van der Waals surface area (Å²) in [6, 6.07) is 4.45. The first kappa shape index (κ1) is 17.2. The zero-order valence-electron chi connectivity index (χ0n) is 11.7. The van der Waals surface area contributed by atoms with Crippen molar-refractivity contribution in [2.24, 2.45) is 0 Å². The molecule has 0 bridgehead atoms. The molecule has 0 aliphatic rings. The lowest BCUT2D eigenvalue weighted by molar-refractivity contribution is 0.281. The molecule has 0 saturated carbocycles. The normalized spacial score (nSPS) is 11.8. The molecule has 0 spiro atoms. The molecule has 5 nitrogen and oxygen atoms in total. The fourth-order valence-electron chi connectivity index (χ4n) is 1.77. The number of rotatable bonds is 8. The molecule has 1 aromatic rings. The molecule has 1 aromatic carbocycles. The van der Waals surface area contributed by atoms with Crippen LogP contribution in [0.5, 0.6) is 5.75 Å². The van der Waals surface area contributed by atoms with E-state index in [1.54, 1.807) is 0 Å². The van der Waals surface area contributed by atoms with Crippen LogP contribution >= 0.6 is 11.6 Å². The fraction of sp³-hybridized carbons (Fsp3) is 0.538. The number of sulfonamides is 1. The predicted octanol–water partition coefficient (Wildman–Crippen LogP) is 2.13. The van der Waals surface area contributed by atoms with E-state index in [9.17, 15) is 8.42 Å². The number of ether oxygens (including phenoxy) is 1. The molecule has 7 heteroatoms. The van der Waals surface area contributed by atoms with Gasteiger partial charge in [-0.1, -0.05) is 11.6 Å². The zero-order valence-corrected chi connectivity index (χ0v) is 13.2. The molecule has 0 heterocycles. The minimum Gasteiger partial charge on any atom is -0.495 e. The third kappa shape index (κ3) is 4.34. The Balaban J connectivity index is 2.87. The standard InChI is InChI=1S/C13H20ClNO4S/c1-15(8-4-3-5-9-16)20(17,18)13-7-6-11(14)10-12(13)19-2/h6-7,10,16H,3-5,8-9H2,1-2H3. The van der Waals surface area contributed by atoms with Gasteiger partial charge in [0.25, 0.3) is 0 Å². The molecule has 0 atom stereocenters. The van der Waals surface area contributed by atoms with Crippen LogP contribution in [0, 0.1) is 0 Å². The van der Waals surface area contributed by atoms with Crippen molar-refractivity contribution in [1.82, 2.24) is 4.31 Å². The third-order valence-electron chi connectivity index (χ3n) is 2.95. The Morgan fingerprint density at radius 3 is 2.60 bits per heavy atom. The number of hydrogen-bond donors (Lipinski definition) is 1. The second-order valence-corrected chi connectivity index (χ2v) is 6.86. The summed E-state index contributed by atoms with van der Waals surface area (Å²) >= 11 is 5.83. The summed E-state index contributed by atoms with van der Waals surface area (Å²) in [4.78, 5) is 0.106. The second-order valence-electron chi connectivity index (χ2n) is 4.41. The maximum Gasteiger partial charge on any atom is 0.246 e. The minimum absolute atomic E-state index is 0.106. The van der Waals surface area contributed by atoms with Gasteiger partial charge in [0, 0.05) is 31.3 Å². The van der Waals surface area contributed by atoms with Gasteiger partial charge < -0.3 is 9.84 Å². The summed E-state index contributed by atoms with van der Waals surface area (Å²) in [6.45, 7) is 0.523. The van der Waals surface area contributed by atoms with Gasteiger partial charge in [-0.25, -0.2) is 12.7 Å². The number of hydrogen-bond acceptors (Lipinski definition) is 4. The van der Waals surface area contributed by atoms with Gasteiger partial charge in [-0.15, -0.1) is 0 Å². The lowest BCUT2D eigenvalue weighted by atomic mass is 10.2. The van der Waals surface area contributed by atoms with E-state index in [-0.39, 0.29) is 17.3 Å². The van der Waals surface area contributed by atoms with Crippen molar-refractivity contribution in [2.75, 3.05) is 27.3 Å². The molecule has 1 rings (SSSR count). The number of unbranched alkanes of at least 4 members (excludes halogenated alkanes) is 2. The van der Waals surface area contributed by atoms with Gasteiger partial charge in [0.05, 0.1) is 7.11 Å². The minimum atomic E-state index is -3.60. The Morgan fingerprint density at radius 2 is 2.00 bits per heavy atom. The molecule has 20 heavy (non-hydrogen) atoms. The maximum atomic E-state index is 12.4. The smallest absolute Gasteiger partial charge is 0.246 e. The molecule has 0 fully saturated rings. The van der Waals surface area contributed by atoms with Crippen LogP contribution in [0.25, 0.3) is 0 Å². The van der Waals surface area contributed by atoms with Crippen LogP contribution in [0.15, 0.2) is 23.1 Å². The van der Waals surface area contributed by atoms with Crippen molar-refractivity contribution in [3.63, 3.8) is 0 Å². The van der Waals surface area contributed by atoms with Gasteiger partial charge in [-0.2, -0.15) is 0 Å². The Labute approximate surface area is 125 Å². The highest BCUT2D eigenvalue weighted by atomic mass is 35.5. The van der Waals surface area contributed by atoms with Crippen molar-refractivity contribution in [1.29, 1.82) is 0 Å². The van der Waals surface area contributed by atoms with Crippen molar-refractivity contribution >= 4 is 21.6 Å². The van der Waals surface area contributed by atoms with Crippen LogP contribution in [0.1, 0.15) is 19.3 Å². The molecule has 1 N–H and O–H groups in total. The Kier molecular flexibility index (Phi) is 6.75. The molecule has 0 aliphatic carbocycles. The Bertz CT molecular complexity index is 533. The maximum absolute atomic E-state index is 12.4. The van der Waals surface area contributed by atoms with E-state index in [0.29, 0.717) is 24.4 Å². The van der Waals surface area contributed by atoms with Crippen LogP contribution in [0.2, 0.25) is 5.02 Å². The summed E-state index contributed by atoms with van der Waals surface area (Å²) in [5, 5.41) is 9.13. The van der Waals surface area contributed by atoms with Gasteiger partial charge in [-0.3, -0.25) is 0 Å². The average molecular weight is 322 g/mol. The molecular weight excluding hydrogens is 302 g/mol. The molecule has 0 amide bonds. The summed E-state index contributed by atoms with van der Waals surface area (Å²) in [5.41, 5.74) is 0.